The maximum absolute atomic E-state index is 13.2. The molecule has 1 N–H and O–H groups in total. The third-order valence-electron chi connectivity index (χ3n) is 7.06. The number of nitrogens with one attached hydrogen (secondary N) is 1. The van der Waals surface area contributed by atoms with Crippen molar-refractivity contribution in [1.29, 1.82) is 0 Å². The van der Waals surface area contributed by atoms with E-state index in [0.717, 1.165) is 23.9 Å². The zero-order valence-corrected chi connectivity index (χ0v) is 19.9. The van der Waals surface area contributed by atoms with Gasteiger partial charge in [0.1, 0.15) is 17.8 Å². The second-order valence-electron chi connectivity index (χ2n) is 9.08. The van der Waals surface area contributed by atoms with E-state index in [1.165, 1.54) is 10.9 Å². The van der Waals surface area contributed by atoms with Crippen molar-refractivity contribution >= 4 is 33.8 Å². The van der Waals surface area contributed by atoms with Gasteiger partial charge in [0.2, 0.25) is 5.78 Å². The number of pyridine rings is 1. The highest BCUT2D eigenvalue weighted by atomic mass is 16.2. The molecule has 0 spiro atoms. The lowest BCUT2D eigenvalue weighted by atomic mass is 10.0. The fourth-order valence-electron chi connectivity index (χ4n) is 5.11. The summed E-state index contributed by atoms with van der Waals surface area (Å²) < 4.78 is 4.87. The summed E-state index contributed by atoms with van der Waals surface area (Å²) in [5.74, 6) is 0.442. The summed E-state index contributed by atoms with van der Waals surface area (Å²) in [6.45, 7) is 1.37. The molecule has 0 atom stereocenters. The normalized spacial score (nSPS) is 14.7. The number of aromatic amines is 1. The molecule has 1 aliphatic rings. The van der Waals surface area contributed by atoms with Gasteiger partial charge < -0.3 is 4.90 Å². The van der Waals surface area contributed by atoms with Crippen LogP contribution in [-0.4, -0.2) is 52.5 Å². The van der Waals surface area contributed by atoms with Gasteiger partial charge in [-0.3, -0.25) is 23.5 Å². The van der Waals surface area contributed by atoms with E-state index in [0.29, 0.717) is 41.3 Å². The highest BCUT2D eigenvalue weighted by Gasteiger charge is 2.25. The Hall–Kier alpha value is -4.54. The highest BCUT2D eigenvalue weighted by Crippen LogP contribution is 2.27. The number of imidazole rings is 2. The fraction of sp³-hybridized carbons (Fsp3) is 0.280. The second-order valence-corrected chi connectivity index (χ2v) is 9.08. The lowest BCUT2D eigenvalue weighted by Crippen LogP contribution is -2.37. The molecule has 4 aromatic heterocycles. The van der Waals surface area contributed by atoms with E-state index >= 15 is 0 Å². The Morgan fingerprint density at radius 1 is 0.944 bits per heavy atom. The average molecular weight is 485 g/mol. The van der Waals surface area contributed by atoms with Gasteiger partial charge >= 0.3 is 11.4 Å². The molecule has 182 valence electrons. The van der Waals surface area contributed by atoms with E-state index in [9.17, 15) is 14.4 Å². The Kier molecular flexibility index (Phi) is 5.06. The summed E-state index contributed by atoms with van der Waals surface area (Å²) in [6.07, 6.45) is 4.58. The predicted molar refractivity (Wildman–Crippen MR) is 134 cm³/mol. The Morgan fingerprint density at radius 3 is 2.53 bits per heavy atom. The summed E-state index contributed by atoms with van der Waals surface area (Å²) in [6, 6.07) is 10.7. The van der Waals surface area contributed by atoms with Crippen molar-refractivity contribution in [3.05, 3.63) is 81.1 Å². The molecule has 11 heteroatoms. The van der Waals surface area contributed by atoms with Crippen LogP contribution in [-0.2, 0) is 14.1 Å². The molecule has 0 aliphatic carbocycles. The predicted octanol–water partition coefficient (Wildman–Crippen LogP) is 1.78. The van der Waals surface area contributed by atoms with Crippen molar-refractivity contribution in [3.63, 3.8) is 0 Å². The lowest BCUT2D eigenvalue weighted by Gasteiger charge is -2.33. The summed E-state index contributed by atoms with van der Waals surface area (Å²) in [5.41, 5.74) is 3.31. The van der Waals surface area contributed by atoms with Gasteiger partial charge in [0, 0.05) is 51.1 Å². The van der Waals surface area contributed by atoms with E-state index in [1.54, 1.807) is 53.7 Å². The SMILES string of the molecule is Cn1c(=O)n(C)c2cc(C(=O)c3cc(N4CCC(n5c(=O)[nH]c6ncccc65)CC4)ncn3)ccc21. The number of ketones is 1. The van der Waals surface area contributed by atoms with Gasteiger partial charge in [0.05, 0.1) is 16.6 Å². The fourth-order valence-corrected chi connectivity index (χ4v) is 5.11. The van der Waals surface area contributed by atoms with Crippen LogP contribution in [0, 0.1) is 0 Å². The Bertz CT molecular complexity index is 1750. The number of piperidine rings is 1. The summed E-state index contributed by atoms with van der Waals surface area (Å²) in [4.78, 5) is 55.8. The van der Waals surface area contributed by atoms with E-state index in [-0.39, 0.29) is 23.2 Å². The van der Waals surface area contributed by atoms with E-state index in [1.807, 2.05) is 12.1 Å². The lowest BCUT2D eigenvalue weighted by molar-refractivity contribution is 0.103. The number of carbonyl (C=O) groups is 1. The Labute approximate surface area is 204 Å². The molecule has 1 fully saturated rings. The molecule has 5 heterocycles. The van der Waals surface area contributed by atoms with Crippen LogP contribution < -0.4 is 16.3 Å². The molecule has 1 saturated heterocycles. The van der Waals surface area contributed by atoms with Crippen LogP contribution in [0.15, 0.2) is 58.5 Å². The third kappa shape index (κ3) is 3.43. The van der Waals surface area contributed by atoms with E-state index < -0.39 is 0 Å². The number of rotatable bonds is 4. The number of aromatic nitrogens is 7. The molecule has 0 radical (unpaired) electrons. The van der Waals surface area contributed by atoms with Crippen molar-refractivity contribution in [2.24, 2.45) is 14.1 Å². The zero-order valence-electron chi connectivity index (χ0n) is 19.9. The van der Waals surface area contributed by atoms with Crippen molar-refractivity contribution in [2.75, 3.05) is 18.0 Å². The first-order chi connectivity index (χ1) is 17.4. The number of hydrogen-bond donors (Lipinski definition) is 1. The maximum atomic E-state index is 13.2. The molecule has 11 nitrogen and oxygen atoms in total. The maximum Gasteiger partial charge on any atom is 0.328 e. The van der Waals surface area contributed by atoms with Gasteiger partial charge in [-0.05, 0) is 43.2 Å². The first kappa shape index (κ1) is 22.0. The number of anilines is 1. The Balaban J connectivity index is 1.23. The van der Waals surface area contributed by atoms with Crippen LogP contribution in [0.1, 0.15) is 34.9 Å². The van der Waals surface area contributed by atoms with Gasteiger partial charge in [-0.1, -0.05) is 0 Å². The summed E-state index contributed by atoms with van der Waals surface area (Å²) in [7, 11) is 3.39. The number of benzene rings is 1. The number of nitrogens with zero attached hydrogens (tertiary/aromatic N) is 7. The average Bonchev–Trinajstić information content (AvgIpc) is 3.36. The van der Waals surface area contributed by atoms with Crippen LogP contribution in [0.2, 0.25) is 0 Å². The largest absolute Gasteiger partial charge is 0.356 e. The van der Waals surface area contributed by atoms with Gasteiger partial charge in [0.25, 0.3) is 0 Å². The van der Waals surface area contributed by atoms with Crippen LogP contribution >= 0.6 is 0 Å². The molecular formula is C25H24N8O3. The molecule has 0 unspecified atom stereocenters. The van der Waals surface area contributed by atoms with Gasteiger partial charge in [0.15, 0.2) is 5.65 Å². The molecule has 36 heavy (non-hydrogen) atoms. The number of carbonyl (C=O) groups excluding carboxylic acids is 1. The van der Waals surface area contributed by atoms with Gasteiger partial charge in [-0.2, -0.15) is 0 Å². The number of H-pyrrole nitrogens is 1. The molecular weight excluding hydrogens is 460 g/mol. The second kappa shape index (κ2) is 8.29. The highest BCUT2D eigenvalue weighted by molar-refractivity contribution is 6.09. The van der Waals surface area contributed by atoms with Crippen molar-refractivity contribution in [2.45, 2.75) is 18.9 Å². The van der Waals surface area contributed by atoms with Crippen LogP contribution in [0.3, 0.4) is 0 Å². The minimum absolute atomic E-state index is 0.0545. The van der Waals surface area contributed by atoms with E-state index in [2.05, 4.69) is 24.8 Å². The van der Waals surface area contributed by atoms with Gasteiger partial charge in [-0.25, -0.2) is 24.5 Å². The van der Waals surface area contributed by atoms with Crippen LogP contribution in [0.5, 0.6) is 0 Å². The molecule has 0 bridgehead atoms. The number of fused-ring (bicyclic) bond motifs is 2. The molecule has 1 aromatic carbocycles. The van der Waals surface area contributed by atoms with Crippen LogP contribution in [0.25, 0.3) is 22.2 Å². The van der Waals surface area contributed by atoms with Crippen molar-refractivity contribution in [1.82, 2.24) is 33.6 Å². The number of hydrogen-bond acceptors (Lipinski definition) is 7. The zero-order chi connectivity index (χ0) is 25.0. The molecule has 0 saturated carbocycles. The number of aryl methyl sites for hydroxylation is 2. The summed E-state index contributed by atoms with van der Waals surface area (Å²) in [5, 5.41) is 0. The van der Waals surface area contributed by atoms with Gasteiger partial charge in [-0.15, -0.1) is 0 Å². The standard InChI is InChI=1S/C25H24N8O3/c1-30-18-6-5-15(12-20(18)31(2)25(30)36)22(34)17-13-21(28-14-27-17)32-10-7-16(8-11-32)33-19-4-3-9-26-23(19)29-24(33)35/h3-6,9,12-14,16H,7-8,10-11H2,1-2H3,(H,26,29,35). The first-order valence-corrected chi connectivity index (χ1v) is 11.7. The van der Waals surface area contributed by atoms with E-state index in [4.69, 9.17) is 0 Å². The molecule has 6 rings (SSSR count). The monoisotopic (exact) mass is 484 g/mol. The third-order valence-corrected chi connectivity index (χ3v) is 7.06. The smallest absolute Gasteiger partial charge is 0.328 e. The quantitative estimate of drug-likeness (QED) is 0.386. The molecule has 0 amide bonds. The Morgan fingerprint density at radius 2 is 1.72 bits per heavy atom. The molecule has 1 aliphatic heterocycles. The van der Waals surface area contributed by atoms with Crippen LogP contribution in [0.4, 0.5) is 5.82 Å². The minimum atomic E-state index is -0.232. The molecule has 5 aromatic rings. The van der Waals surface area contributed by atoms with Crippen molar-refractivity contribution in [3.8, 4) is 0 Å². The van der Waals surface area contributed by atoms with Crippen molar-refractivity contribution < 1.29 is 4.79 Å². The summed E-state index contributed by atoms with van der Waals surface area (Å²) >= 11 is 0. The minimum Gasteiger partial charge on any atom is -0.356 e. The first-order valence-electron chi connectivity index (χ1n) is 11.7. The topological polar surface area (TPSA) is 124 Å².